The fraction of sp³-hybridized carbons (Fsp3) is 0.278. The van der Waals surface area contributed by atoms with E-state index in [1.54, 1.807) is 30.4 Å². The van der Waals surface area contributed by atoms with E-state index >= 15 is 0 Å². The van der Waals surface area contributed by atoms with Crippen molar-refractivity contribution in [1.82, 2.24) is 19.5 Å². The van der Waals surface area contributed by atoms with Gasteiger partial charge in [0.05, 0.1) is 12.7 Å². The monoisotopic (exact) mass is 358 g/mol. The molecule has 1 aromatic carbocycles. The molecule has 2 aromatic heterocycles. The van der Waals surface area contributed by atoms with E-state index in [-0.39, 0.29) is 5.92 Å². The highest BCUT2D eigenvalue weighted by molar-refractivity contribution is 6.30. The highest BCUT2D eigenvalue weighted by atomic mass is 35.5. The summed E-state index contributed by atoms with van der Waals surface area (Å²) in [5.74, 6) is 1.85. The summed E-state index contributed by atoms with van der Waals surface area (Å²) in [5, 5.41) is 0.387. The largest absolute Gasteiger partial charge is 0.497 e. The number of ether oxygens (including phenoxy) is 2. The first kappa shape index (κ1) is 17.2. The van der Waals surface area contributed by atoms with Crippen molar-refractivity contribution < 1.29 is 9.47 Å². The average molecular weight is 359 g/mol. The van der Waals surface area contributed by atoms with Gasteiger partial charge in [-0.05, 0) is 23.6 Å². The van der Waals surface area contributed by atoms with Crippen LogP contribution < -0.4 is 9.47 Å². The molecular formula is C18H19ClN4O2. The van der Waals surface area contributed by atoms with Crippen LogP contribution in [0.1, 0.15) is 30.9 Å². The number of benzene rings is 1. The normalized spacial score (nSPS) is 10.9. The third kappa shape index (κ3) is 3.91. The molecule has 0 aliphatic rings. The zero-order chi connectivity index (χ0) is 17.8. The Hall–Kier alpha value is -2.60. The van der Waals surface area contributed by atoms with E-state index in [1.807, 2.05) is 38.1 Å². The van der Waals surface area contributed by atoms with Gasteiger partial charge in [-0.25, -0.2) is 4.98 Å². The molecule has 0 spiro atoms. The van der Waals surface area contributed by atoms with E-state index in [4.69, 9.17) is 21.1 Å². The fourth-order valence-electron chi connectivity index (χ4n) is 2.37. The van der Waals surface area contributed by atoms with Crippen LogP contribution in [0.4, 0.5) is 0 Å². The van der Waals surface area contributed by atoms with Crippen LogP contribution in [0, 0.1) is 0 Å². The smallest absolute Gasteiger partial charge is 0.239 e. The minimum Gasteiger partial charge on any atom is -0.497 e. The second-order valence-corrected chi connectivity index (χ2v) is 6.15. The van der Waals surface area contributed by atoms with Gasteiger partial charge in [0.1, 0.15) is 23.8 Å². The lowest BCUT2D eigenvalue weighted by atomic mass is 10.1. The standard InChI is InChI=1S/C18H19ClN4O2/c1-12(2)15-16(19)21-18(23-9-8-20-11-23)22-17(15)25-10-13-4-6-14(24-3)7-5-13/h4-9,11-12H,10H2,1-3H3. The average Bonchev–Trinajstić information content (AvgIpc) is 3.14. The van der Waals surface area contributed by atoms with Crippen molar-refractivity contribution in [1.29, 1.82) is 0 Å². The summed E-state index contributed by atoms with van der Waals surface area (Å²) in [6.45, 7) is 4.43. The summed E-state index contributed by atoms with van der Waals surface area (Å²) in [6, 6.07) is 7.69. The topological polar surface area (TPSA) is 62.1 Å². The molecule has 0 aliphatic heterocycles. The first-order valence-electron chi connectivity index (χ1n) is 7.90. The Balaban J connectivity index is 1.89. The molecule has 0 fully saturated rings. The molecule has 3 aromatic rings. The van der Waals surface area contributed by atoms with Gasteiger partial charge < -0.3 is 9.47 Å². The van der Waals surface area contributed by atoms with Crippen molar-refractivity contribution >= 4 is 11.6 Å². The minimum absolute atomic E-state index is 0.134. The summed E-state index contributed by atoms with van der Waals surface area (Å²) >= 11 is 6.39. The second-order valence-electron chi connectivity index (χ2n) is 5.79. The summed E-state index contributed by atoms with van der Waals surface area (Å²) in [5.41, 5.74) is 1.80. The molecule has 2 heterocycles. The molecule has 0 saturated carbocycles. The molecular weight excluding hydrogens is 340 g/mol. The van der Waals surface area contributed by atoms with Gasteiger partial charge in [0.25, 0.3) is 0 Å². The van der Waals surface area contributed by atoms with Crippen LogP contribution in [0.25, 0.3) is 5.95 Å². The third-order valence-electron chi connectivity index (χ3n) is 3.70. The maximum atomic E-state index is 6.39. The molecule has 25 heavy (non-hydrogen) atoms. The molecule has 6 nitrogen and oxygen atoms in total. The molecule has 0 unspecified atom stereocenters. The van der Waals surface area contributed by atoms with Gasteiger partial charge in [0.2, 0.25) is 11.8 Å². The second kappa shape index (κ2) is 7.53. The SMILES string of the molecule is COc1ccc(COc2nc(-n3ccnc3)nc(Cl)c2C(C)C)cc1. The lowest BCUT2D eigenvalue weighted by molar-refractivity contribution is 0.288. The number of aromatic nitrogens is 4. The molecule has 0 saturated heterocycles. The quantitative estimate of drug-likeness (QED) is 0.622. The Kier molecular flexibility index (Phi) is 5.19. The molecule has 130 valence electrons. The molecule has 7 heteroatoms. The van der Waals surface area contributed by atoms with Crippen molar-refractivity contribution in [2.24, 2.45) is 0 Å². The Morgan fingerprint density at radius 2 is 1.92 bits per heavy atom. The molecule has 0 bridgehead atoms. The van der Waals surface area contributed by atoms with Crippen LogP contribution in [0.2, 0.25) is 5.15 Å². The molecule has 3 rings (SSSR count). The summed E-state index contributed by atoms with van der Waals surface area (Å²) in [7, 11) is 1.64. The molecule has 0 aliphatic carbocycles. The molecule has 0 radical (unpaired) electrons. The van der Waals surface area contributed by atoms with Crippen molar-refractivity contribution in [3.05, 3.63) is 59.3 Å². The van der Waals surface area contributed by atoms with Crippen LogP contribution in [-0.4, -0.2) is 26.6 Å². The van der Waals surface area contributed by atoms with Crippen LogP contribution in [0.5, 0.6) is 11.6 Å². The zero-order valence-electron chi connectivity index (χ0n) is 14.3. The van der Waals surface area contributed by atoms with Crippen LogP contribution in [-0.2, 0) is 6.61 Å². The van der Waals surface area contributed by atoms with E-state index in [0.717, 1.165) is 16.9 Å². The minimum atomic E-state index is 0.134. The summed E-state index contributed by atoms with van der Waals surface area (Å²) < 4.78 is 12.8. The molecule has 0 N–H and O–H groups in total. The predicted octanol–water partition coefficient (Wildman–Crippen LogP) is 4.03. The highest BCUT2D eigenvalue weighted by Crippen LogP contribution is 2.31. The lowest BCUT2D eigenvalue weighted by Gasteiger charge is -2.15. The molecule has 0 amide bonds. The van der Waals surface area contributed by atoms with Gasteiger partial charge in [-0.1, -0.05) is 37.6 Å². The van der Waals surface area contributed by atoms with Crippen molar-refractivity contribution in [2.75, 3.05) is 7.11 Å². The first-order valence-corrected chi connectivity index (χ1v) is 8.27. The number of halogens is 1. The number of methoxy groups -OCH3 is 1. The fourth-order valence-corrected chi connectivity index (χ4v) is 2.75. The van der Waals surface area contributed by atoms with E-state index in [9.17, 15) is 0 Å². The number of nitrogens with zero attached hydrogens (tertiary/aromatic N) is 4. The van der Waals surface area contributed by atoms with Gasteiger partial charge >= 0.3 is 0 Å². The van der Waals surface area contributed by atoms with Gasteiger partial charge in [-0.2, -0.15) is 9.97 Å². The first-order chi connectivity index (χ1) is 12.1. The number of imidazole rings is 1. The van der Waals surface area contributed by atoms with Gasteiger partial charge in [0.15, 0.2) is 0 Å². The van der Waals surface area contributed by atoms with Crippen molar-refractivity contribution in [3.63, 3.8) is 0 Å². The Morgan fingerprint density at radius 3 is 2.52 bits per heavy atom. The van der Waals surface area contributed by atoms with Crippen LogP contribution in [0.3, 0.4) is 0 Å². The van der Waals surface area contributed by atoms with Gasteiger partial charge in [-0.3, -0.25) is 4.57 Å². The Morgan fingerprint density at radius 1 is 1.16 bits per heavy atom. The maximum Gasteiger partial charge on any atom is 0.239 e. The van der Waals surface area contributed by atoms with Crippen molar-refractivity contribution in [2.45, 2.75) is 26.4 Å². The zero-order valence-corrected chi connectivity index (χ0v) is 15.1. The maximum absolute atomic E-state index is 6.39. The number of hydrogen-bond acceptors (Lipinski definition) is 5. The van der Waals surface area contributed by atoms with E-state index in [1.165, 1.54) is 0 Å². The lowest BCUT2D eigenvalue weighted by Crippen LogP contribution is -2.08. The van der Waals surface area contributed by atoms with Crippen molar-refractivity contribution in [3.8, 4) is 17.6 Å². The van der Waals surface area contributed by atoms with Gasteiger partial charge in [0, 0.05) is 12.4 Å². The van der Waals surface area contributed by atoms with E-state index in [0.29, 0.717) is 23.6 Å². The highest BCUT2D eigenvalue weighted by Gasteiger charge is 2.18. The van der Waals surface area contributed by atoms with E-state index < -0.39 is 0 Å². The third-order valence-corrected chi connectivity index (χ3v) is 3.99. The summed E-state index contributed by atoms with van der Waals surface area (Å²) in [4.78, 5) is 12.9. The van der Waals surface area contributed by atoms with Crippen LogP contribution >= 0.6 is 11.6 Å². The van der Waals surface area contributed by atoms with E-state index in [2.05, 4.69) is 15.0 Å². The Bertz CT molecular complexity index is 833. The van der Waals surface area contributed by atoms with Crippen LogP contribution in [0.15, 0.2) is 43.0 Å². The Labute approximate surface area is 151 Å². The van der Waals surface area contributed by atoms with Gasteiger partial charge in [-0.15, -0.1) is 0 Å². The molecule has 0 atom stereocenters. The number of hydrogen-bond donors (Lipinski definition) is 0. The predicted molar refractivity (Wildman–Crippen MR) is 95.6 cm³/mol. The summed E-state index contributed by atoms with van der Waals surface area (Å²) in [6.07, 6.45) is 5.04. The number of rotatable bonds is 6.